The van der Waals surface area contributed by atoms with Gasteiger partial charge in [0.05, 0.1) is 25.7 Å². The Bertz CT molecular complexity index is 2050. The second-order valence-corrected chi connectivity index (χ2v) is 21.6. The van der Waals surface area contributed by atoms with Crippen LogP contribution >= 0.6 is 0 Å². The maximum Gasteiger partial charge on any atom is 0.329 e. The Kier molecular flexibility index (Phi) is 33.5. The van der Waals surface area contributed by atoms with Gasteiger partial charge in [0, 0.05) is 6.42 Å². The van der Waals surface area contributed by atoms with Crippen molar-refractivity contribution in [2.24, 2.45) is 29.6 Å². The quantitative estimate of drug-likeness (QED) is 0.0374. The molecule has 16 atom stereocenters. The number of esters is 1. The minimum Gasteiger partial charge on any atom is -0.481 e. The van der Waals surface area contributed by atoms with E-state index in [0.717, 1.165) is 25.7 Å². The van der Waals surface area contributed by atoms with Crippen LogP contribution in [0.1, 0.15) is 173 Å². The normalized spacial score (nSPS) is 25.2. The summed E-state index contributed by atoms with van der Waals surface area (Å²) in [6, 6.07) is -14.1. The molecule has 0 unspecified atom stereocenters. The lowest BCUT2D eigenvalue weighted by Crippen LogP contribution is -2.64. The van der Waals surface area contributed by atoms with E-state index < -0.39 is 187 Å². The fourth-order valence-electron chi connectivity index (χ4n) is 8.69. The molecular weight excluding hydrogens is 1040 g/mol. The van der Waals surface area contributed by atoms with Gasteiger partial charge in [-0.25, -0.2) is 4.79 Å². The summed E-state index contributed by atoms with van der Waals surface area (Å²) in [6.07, 6.45) is 2.22. The van der Waals surface area contributed by atoms with Gasteiger partial charge in [0.2, 0.25) is 53.2 Å². The topological polar surface area (TPSA) is 386 Å². The number of carboxylic acid groups (broad SMARTS) is 1. The van der Waals surface area contributed by atoms with Crippen LogP contribution in [0.15, 0.2) is 0 Å². The highest BCUT2D eigenvalue weighted by Crippen LogP contribution is 2.18. The van der Waals surface area contributed by atoms with E-state index in [4.69, 9.17) is 4.74 Å². The van der Waals surface area contributed by atoms with Crippen LogP contribution in [0.25, 0.3) is 0 Å². The Balaban J connectivity index is 4.06. The van der Waals surface area contributed by atoms with E-state index in [-0.39, 0.29) is 19.3 Å². The predicted octanol–water partition coefficient (Wildman–Crippen LogP) is 0.486. The zero-order valence-electron chi connectivity index (χ0n) is 49.2. The van der Waals surface area contributed by atoms with Crippen LogP contribution < -0.4 is 47.9 Å². The van der Waals surface area contributed by atoms with Crippen molar-refractivity contribution in [3.05, 3.63) is 0 Å². The van der Waals surface area contributed by atoms with E-state index in [9.17, 15) is 73.2 Å². The third-order valence-corrected chi connectivity index (χ3v) is 15.3. The van der Waals surface area contributed by atoms with Crippen molar-refractivity contribution in [3.8, 4) is 0 Å². The molecule has 1 rings (SSSR count). The number of cyclic esters (lactones) is 1. The van der Waals surface area contributed by atoms with Crippen molar-refractivity contribution in [3.63, 3.8) is 0 Å². The first-order valence-electron chi connectivity index (χ1n) is 28.7. The summed E-state index contributed by atoms with van der Waals surface area (Å²) < 4.78 is 5.85. The average molecular weight is 1140 g/mol. The molecule has 0 spiro atoms. The number of amides is 9. The van der Waals surface area contributed by atoms with Crippen molar-refractivity contribution in [1.29, 1.82) is 0 Å². The van der Waals surface area contributed by atoms with Crippen LogP contribution in [0.4, 0.5) is 0 Å². The standard InChI is InChI=1S/C55H97N9O16/c1-13-19-20-21-22-23-35(67)26-39(68)59-41(29(7)14-2)50(74)56-36(24-25-40(69)70)47(71)64-46-34(12)80-55(79)45(33(11)18-6)63-49(73)38(28-66)58-51(75)42(30(8)15-3)60-48(72)37(27-65)57-52(76)43(31(9)16-4)61-53(77)44(32(10)17-5)62-54(46)78/h29-38,41-46,65-67H,13-28H2,1-12H3,(H,56,74)(H,57,76)(H,58,75)(H,59,68)(H,60,72)(H,61,77)(H,62,78)(H,63,73)(H,64,71)(H,69,70)/t29-,30+,31-,32-,33-,34+,35+,36+,37-,38+,41-,42-,43+,44-,45+,46+/m0/s1. The molecule has 1 aliphatic rings. The van der Waals surface area contributed by atoms with Gasteiger partial charge in [-0.05, 0) is 49.4 Å². The van der Waals surface area contributed by atoms with Crippen LogP contribution in [0.5, 0.6) is 0 Å². The van der Waals surface area contributed by atoms with E-state index in [1.807, 2.05) is 0 Å². The molecular formula is C55H97N9O16. The van der Waals surface area contributed by atoms with Crippen molar-refractivity contribution >= 4 is 65.1 Å². The first-order valence-corrected chi connectivity index (χ1v) is 28.7. The molecule has 1 saturated heterocycles. The summed E-state index contributed by atoms with van der Waals surface area (Å²) >= 11 is 0. The first-order chi connectivity index (χ1) is 37.7. The number of carboxylic acids is 1. The third kappa shape index (κ3) is 23.6. The fraction of sp³-hybridized carbons (Fsp3) is 0.800. The Hall–Kier alpha value is -5.95. The number of aliphatic hydroxyl groups excluding tert-OH is 3. The minimum atomic E-state index is -1.95. The SMILES string of the molecule is CCCCCCC[C@@H](O)CC(=O)N[C@H](C(=O)N[C@H](CCC(=O)O)C(=O)N[C@H]1C(=O)N[C@@H]([C@@H](C)CC)C(=O)N[C@H]([C@@H](C)CC)C(=O)N[C@@H](CO)C(=O)N[C@@H]([C@H](C)CC)C(=O)N[C@H](CO)C(=O)N[C@H]([C@@H](C)CC)C(=O)O[C@@H]1C)[C@@H](C)CC. The average Bonchev–Trinajstić information content (AvgIpc) is 3.42. The number of aliphatic hydroxyl groups is 3. The highest BCUT2D eigenvalue weighted by molar-refractivity contribution is 5.99. The zero-order chi connectivity index (χ0) is 61.0. The maximum atomic E-state index is 14.8. The number of ether oxygens (including phenoxy) is 1. The summed E-state index contributed by atoms with van der Waals surface area (Å²) in [7, 11) is 0. The number of hydrogen-bond donors (Lipinski definition) is 13. The fourth-order valence-corrected chi connectivity index (χ4v) is 8.69. The maximum absolute atomic E-state index is 14.8. The van der Waals surface area contributed by atoms with Gasteiger partial charge in [0.15, 0.2) is 0 Å². The number of carbonyl (C=O) groups is 11. The molecule has 458 valence electrons. The van der Waals surface area contributed by atoms with E-state index in [1.54, 1.807) is 69.2 Å². The molecule has 9 amide bonds. The number of hydrogen-bond acceptors (Lipinski definition) is 15. The molecule has 0 aromatic heterocycles. The molecule has 25 nitrogen and oxygen atoms in total. The van der Waals surface area contributed by atoms with E-state index in [2.05, 4.69) is 54.8 Å². The molecule has 0 bridgehead atoms. The van der Waals surface area contributed by atoms with Gasteiger partial charge >= 0.3 is 11.9 Å². The van der Waals surface area contributed by atoms with Gasteiger partial charge in [-0.3, -0.25) is 47.9 Å². The van der Waals surface area contributed by atoms with Crippen molar-refractivity contribution in [1.82, 2.24) is 47.9 Å². The summed E-state index contributed by atoms with van der Waals surface area (Å²) in [4.78, 5) is 153. The summed E-state index contributed by atoms with van der Waals surface area (Å²) in [5, 5.41) is 63.9. The highest BCUT2D eigenvalue weighted by Gasteiger charge is 2.41. The molecule has 0 aliphatic carbocycles. The Labute approximate surface area is 471 Å². The van der Waals surface area contributed by atoms with Crippen LogP contribution in [0.3, 0.4) is 0 Å². The second kappa shape index (κ2) is 37.1. The van der Waals surface area contributed by atoms with E-state index in [0.29, 0.717) is 32.1 Å². The number of aliphatic carboxylic acids is 1. The Morgan fingerprint density at radius 2 is 0.988 bits per heavy atom. The summed E-state index contributed by atoms with van der Waals surface area (Å²) in [5.74, 6) is -14.4. The largest absolute Gasteiger partial charge is 0.481 e. The Morgan fingerprint density at radius 1 is 0.550 bits per heavy atom. The molecule has 1 aliphatic heterocycles. The molecule has 0 aromatic rings. The lowest BCUT2D eigenvalue weighted by Gasteiger charge is -2.33. The number of carbonyl (C=O) groups excluding carboxylic acids is 10. The Morgan fingerprint density at radius 3 is 1.44 bits per heavy atom. The molecule has 0 radical (unpaired) electrons. The van der Waals surface area contributed by atoms with Crippen LogP contribution in [-0.2, 0) is 57.5 Å². The van der Waals surface area contributed by atoms with E-state index in [1.165, 1.54) is 6.92 Å². The number of unbranched alkanes of at least 4 members (excludes halogenated alkanes) is 4. The monoisotopic (exact) mass is 1140 g/mol. The van der Waals surface area contributed by atoms with Crippen LogP contribution in [-0.4, -0.2) is 165 Å². The van der Waals surface area contributed by atoms with Gasteiger partial charge < -0.3 is 73.0 Å². The summed E-state index contributed by atoms with van der Waals surface area (Å²) in [5.41, 5.74) is 0. The molecule has 25 heteroatoms. The molecule has 1 heterocycles. The van der Waals surface area contributed by atoms with Crippen LogP contribution in [0.2, 0.25) is 0 Å². The summed E-state index contributed by atoms with van der Waals surface area (Å²) in [6.45, 7) is 18.0. The zero-order valence-corrected chi connectivity index (χ0v) is 49.2. The molecule has 80 heavy (non-hydrogen) atoms. The third-order valence-electron chi connectivity index (χ3n) is 15.3. The molecule has 0 aromatic carbocycles. The molecule has 0 saturated carbocycles. The van der Waals surface area contributed by atoms with Gasteiger partial charge in [-0.15, -0.1) is 0 Å². The van der Waals surface area contributed by atoms with Crippen molar-refractivity contribution < 1.29 is 77.9 Å². The predicted molar refractivity (Wildman–Crippen MR) is 295 cm³/mol. The first kappa shape index (κ1) is 72.1. The van der Waals surface area contributed by atoms with Gasteiger partial charge in [-0.1, -0.05) is 140 Å². The lowest BCUT2D eigenvalue weighted by atomic mass is 9.94. The van der Waals surface area contributed by atoms with Gasteiger partial charge in [0.1, 0.15) is 60.5 Å². The highest BCUT2D eigenvalue weighted by atomic mass is 16.5. The van der Waals surface area contributed by atoms with E-state index >= 15 is 0 Å². The van der Waals surface area contributed by atoms with Crippen molar-refractivity contribution in [2.75, 3.05) is 13.2 Å². The van der Waals surface area contributed by atoms with Crippen molar-refractivity contribution in [2.45, 2.75) is 240 Å². The molecule has 13 N–H and O–H groups in total. The number of nitrogens with one attached hydrogen (secondary N) is 9. The molecule has 1 fully saturated rings. The minimum absolute atomic E-state index is 0.238. The van der Waals surface area contributed by atoms with Gasteiger partial charge in [-0.2, -0.15) is 0 Å². The second-order valence-electron chi connectivity index (χ2n) is 21.6. The van der Waals surface area contributed by atoms with Crippen LogP contribution in [0, 0.1) is 29.6 Å². The number of rotatable bonds is 28. The smallest absolute Gasteiger partial charge is 0.329 e. The lowest BCUT2D eigenvalue weighted by molar-refractivity contribution is -0.158. The van der Waals surface area contributed by atoms with Gasteiger partial charge in [0.25, 0.3) is 0 Å².